The summed E-state index contributed by atoms with van der Waals surface area (Å²) in [4.78, 5) is 14.2. The van der Waals surface area contributed by atoms with Gasteiger partial charge >= 0.3 is 0 Å². The van der Waals surface area contributed by atoms with E-state index in [1.165, 1.54) is 12.1 Å². The van der Waals surface area contributed by atoms with Gasteiger partial charge in [-0.05, 0) is 51.3 Å². The molecule has 6 heteroatoms. The molecule has 1 aliphatic heterocycles. The van der Waals surface area contributed by atoms with Crippen molar-refractivity contribution in [2.45, 2.75) is 51.4 Å². The molecule has 1 fully saturated rings. The zero-order chi connectivity index (χ0) is 16.3. The van der Waals surface area contributed by atoms with Gasteiger partial charge in [-0.15, -0.1) is 0 Å². The number of rotatable bonds is 4. The summed E-state index contributed by atoms with van der Waals surface area (Å²) in [5.41, 5.74) is 0. The number of carbonyl (C=O) groups is 1. The number of aliphatic hydroxyl groups is 1. The Balaban J connectivity index is 2.07. The summed E-state index contributed by atoms with van der Waals surface area (Å²) in [5.74, 6) is -0.373. The van der Waals surface area contributed by atoms with Gasteiger partial charge in [0.25, 0.3) is 5.91 Å². The Kier molecular flexibility index (Phi) is 5.64. The third-order valence-electron chi connectivity index (χ3n) is 3.93. The molecule has 3 atom stereocenters. The first-order chi connectivity index (χ1) is 10.4. The number of hydrogen-bond acceptors (Lipinski definition) is 3. The third kappa shape index (κ3) is 3.90. The van der Waals surface area contributed by atoms with Gasteiger partial charge < -0.3 is 14.7 Å². The van der Waals surface area contributed by atoms with Crippen LogP contribution in [-0.2, 0) is 4.79 Å². The summed E-state index contributed by atoms with van der Waals surface area (Å²) in [6.07, 6.45) is 1.37. The van der Waals surface area contributed by atoms with Crippen LogP contribution in [0.3, 0.4) is 0 Å². The van der Waals surface area contributed by atoms with E-state index in [1.807, 2.05) is 0 Å². The van der Waals surface area contributed by atoms with Gasteiger partial charge in [-0.25, -0.2) is 4.39 Å². The van der Waals surface area contributed by atoms with Gasteiger partial charge in [-0.1, -0.05) is 11.6 Å². The van der Waals surface area contributed by atoms with Crippen LogP contribution in [0.4, 0.5) is 4.39 Å². The van der Waals surface area contributed by atoms with Crippen molar-refractivity contribution in [1.82, 2.24) is 4.90 Å². The molecule has 0 saturated carbocycles. The van der Waals surface area contributed by atoms with Crippen molar-refractivity contribution in [3.8, 4) is 5.75 Å². The monoisotopic (exact) mass is 329 g/mol. The third-order valence-corrected chi connectivity index (χ3v) is 4.23. The Hall–Kier alpha value is -1.33. The number of halogens is 2. The normalized spacial score (nSPS) is 21.3. The van der Waals surface area contributed by atoms with Crippen molar-refractivity contribution >= 4 is 17.5 Å². The fourth-order valence-electron chi connectivity index (χ4n) is 2.78. The molecule has 0 aliphatic carbocycles. The Bertz CT molecular complexity index is 538. The smallest absolute Gasteiger partial charge is 0.263 e. The van der Waals surface area contributed by atoms with Gasteiger partial charge in [0.1, 0.15) is 11.6 Å². The molecule has 122 valence electrons. The minimum atomic E-state index is -0.748. The molecule has 1 amide bonds. The Morgan fingerprint density at radius 3 is 2.82 bits per heavy atom. The minimum absolute atomic E-state index is 0.130. The molecule has 1 saturated heterocycles. The standard InChI is InChI=1S/C16H21ClFNO3/c1-10(20)14-5-3-4-8-19(14)16(21)11(2)22-15-7-6-12(18)9-13(15)17/h6-7,9-11,14,20H,3-5,8H2,1-2H3. The topological polar surface area (TPSA) is 49.8 Å². The molecular weight excluding hydrogens is 309 g/mol. The zero-order valence-electron chi connectivity index (χ0n) is 12.8. The van der Waals surface area contributed by atoms with E-state index in [2.05, 4.69) is 0 Å². The number of aliphatic hydroxyl groups excluding tert-OH is 1. The lowest BCUT2D eigenvalue weighted by Crippen LogP contribution is -2.52. The van der Waals surface area contributed by atoms with Crippen LogP contribution < -0.4 is 4.74 Å². The van der Waals surface area contributed by atoms with Gasteiger partial charge in [0.2, 0.25) is 0 Å². The number of likely N-dealkylation sites (tertiary alicyclic amines) is 1. The molecule has 1 heterocycles. The first kappa shape index (κ1) is 17.0. The number of nitrogens with zero attached hydrogens (tertiary/aromatic N) is 1. The Morgan fingerprint density at radius 1 is 1.45 bits per heavy atom. The average Bonchev–Trinajstić information content (AvgIpc) is 2.49. The van der Waals surface area contributed by atoms with Crippen molar-refractivity contribution in [2.75, 3.05) is 6.54 Å². The number of benzene rings is 1. The molecule has 4 nitrogen and oxygen atoms in total. The second-order valence-corrected chi connectivity index (χ2v) is 6.08. The summed E-state index contributed by atoms with van der Waals surface area (Å²) >= 11 is 5.91. The van der Waals surface area contributed by atoms with E-state index >= 15 is 0 Å². The van der Waals surface area contributed by atoms with Crippen LogP contribution in [0.1, 0.15) is 33.1 Å². The van der Waals surface area contributed by atoms with Crippen molar-refractivity contribution in [3.63, 3.8) is 0 Å². The second kappa shape index (κ2) is 7.29. The van der Waals surface area contributed by atoms with E-state index in [-0.39, 0.29) is 22.7 Å². The van der Waals surface area contributed by atoms with Crippen molar-refractivity contribution in [2.24, 2.45) is 0 Å². The zero-order valence-corrected chi connectivity index (χ0v) is 13.5. The van der Waals surface area contributed by atoms with Gasteiger partial charge in [-0.2, -0.15) is 0 Å². The second-order valence-electron chi connectivity index (χ2n) is 5.67. The Labute approximate surface area is 134 Å². The van der Waals surface area contributed by atoms with Crippen LogP contribution in [0.2, 0.25) is 5.02 Å². The molecule has 0 bridgehead atoms. The highest BCUT2D eigenvalue weighted by molar-refractivity contribution is 6.32. The molecular formula is C16H21ClFNO3. The summed E-state index contributed by atoms with van der Waals surface area (Å²) in [5, 5.41) is 9.98. The maximum Gasteiger partial charge on any atom is 0.263 e. The number of piperidine rings is 1. The molecule has 1 aromatic rings. The predicted molar refractivity (Wildman–Crippen MR) is 82.5 cm³/mol. The highest BCUT2D eigenvalue weighted by Gasteiger charge is 2.33. The van der Waals surface area contributed by atoms with E-state index < -0.39 is 18.0 Å². The Morgan fingerprint density at radius 2 is 2.18 bits per heavy atom. The molecule has 2 rings (SSSR count). The number of carbonyl (C=O) groups excluding carboxylic acids is 1. The van der Waals surface area contributed by atoms with Crippen LogP contribution in [-0.4, -0.2) is 40.7 Å². The minimum Gasteiger partial charge on any atom is -0.479 e. The number of amides is 1. The van der Waals surface area contributed by atoms with Crippen LogP contribution in [0, 0.1) is 5.82 Å². The van der Waals surface area contributed by atoms with Crippen molar-refractivity contribution in [3.05, 3.63) is 29.0 Å². The maximum atomic E-state index is 13.0. The molecule has 0 spiro atoms. The molecule has 1 aromatic carbocycles. The molecule has 3 unspecified atom stereocenters. The lowest BCUT2D eigenvalue weighted by molar-refractivity contribution is -0.144. The molecule has 22 heavy (non-hydrogen) atoms. The highest BCUT2D eigenvalue weighted by Crippen LogP contribution is 2.27. The van der Waals surface area contributed by atoms with Gasteiger partial charge in [-0.3, -0.25) is 4.79 Å². The number of hydrogen-bond donors (Lipinski definition) is 1. The number of ether oxygens (including phenoxy) is 1. The first-order valence-corrected chi connectivity index (χ1v) is 7.88. The quantitative estimate of drug-likeness (QED) is 0.923. The lowest BCUT2D eigenvalue weighted by Gasteiger charge is -2.38. The molecule has 1 aliphatic rings. The molecule has 1 N–H and O–H groups in total. The summed E-state index contributed by atoms with van der Waals surface area (Å²) in [7, 11) is 0. The summed E-state index contributed by atoms with van der Waals surface area (Å²) in [6, 6.07) is 3.60. The van der Waals surface area contributed by atoms with Gasteiger partial charge in [0.15, 0.2) is 6.10 Å². The van der Waals surface area contributed by atoms with Crippen LogP contribution in [0.25, 0.3) is 0 Å². The molecule has 0 radical (unpaired) electrons. The van der Waals surface area contributed by atoms with Crippen LogP contribution in [0.15, 0.2) is 18.2 Å². The first-order valence-electron chi connectivity index (χ1n) is 7.50. The fraction of sp³-hybridized carbons (Fsp3) is 0.562. The largest absolute Gasteiger partial charge is 0.479 e. The van der Waals surface area contributed by atoms with Crippen molar-refractivity contribution < 1.29 is 19.0 Å². The van der Waals surface area contributed by atoms with E-state index in [0.29, 0.717) is 6.54 Å². The lowest BCUT2D eigenvalue weighted by atomic mass is 9.97. The van der Waals surface area contributed by atoms with E-state index in [4.69, 9.17) is 16.3 Å². The summed E-state index contributed by atoms with van der Waals surface area (Å²) in [6.45, 7) is 3.94. The van der Waals surface area contributed by atoms with E-state index in [9.17, 15) is 14.3 Å². The van der Waals surface area contributed by atoms with Gasteiger partial charge in [0.05, 0.1) is 17.2 Å². The SMILES string of the molecule is CC(Oc1ccc(F)cc1Cl)C(=O)N1CCCCC1C(C)O. The van der Waals surface area contributed by atoms with Gasteiger partial charge in [0, 0.05) is 6.54 Å². The van der Waals surface area contributed by atoms with E-state index in [0.717, 1.165) is 25.3 Å². The summed E-state index contributed by atoms with van der Waals surface area (Å²) < 4.78 is 18.6. The van der Waals surface area contributed by atoms with E-state index in [1.54, 1.807) is 18.7 Å². The molecule has 0 aromatic heterocycles. The fourth-order valence-corrected chi connectivity index (χ4v) is 2.99. The highest BCUT2D eigenvalue weighted by atomic mass is 35.5. The van der Waals surface area contributed by atoms with Crippen LogP contribution in [0.5, 0.6) is 5.75 Å². The maximum absolute atomic E-state index is 13.0. The van der Waals surface area contributed by atoms with Crippen molar-refractivity contribution in [1.29, 1.82) is 0 Å². The predicted octanol–water partition coefficient (Wildman–Crippen LogP) is 3.01. The van der Waals surface area contributed by atoms with Crippen LogP contribution >= 0.6 is 11.6 Å². The average molecular weight is 330 g/mol.